The van der Waals surface area contributed by atoms with Crippen LogP contribution in [0.25, 0.3) is 11.0 Å². The topological polar surface area (TPSA) is 30.7 Å². The highest BCUT2D eigenvalue weighted by Gasteiger charge is 2.12. The summed E-state index contributed by atoms with van der Waals surface area (Å²) in [4.78, 5) is 5.76. The molecule has 2 heterocycles. The van der Waals surface area contributed by atoms with Crippen molar-refractivity contribution in [2.75, 3.05) is 0 Å². The van der Waals surface area contributed by atoms with Crippen LogP contribution in [0.3, 0.4) is 0 Å². The molecule has 0 aliphatic rings. The maximum absolute atomic E-state index is 4.64. The predicted octanol–water partition coefficient (Wildman–Crippen LogP) is 3.03. The van der Waals surface area contributed by atoms with Crippen LogP contribution in [-0.2, 0) is 7.05 Å². The van der Waals surface area contributed by atoms with Crippen LogP contribution in [0.4, 0.5) is 0 Å². The van der Waals surface area contributed by atoms with Gasteiger partial charge in [0.15, 0.2) is 5.65 Å². The molecule has 0 aromatic carbocycles. The second kappa shape index (κ2) is 4.06. The molecule has 0 saturated heterocycles. The van der Waals surface area contributed by atoms with Crippen LogP contribution in [0.2, 0.25) is 0 Å². The lowest BCUT2D eigenvalue weighted by atomic mass is 10.1. The molecule has 0 bridgehead atoms. The smallest absolute Gasteiger partial charge is 0.157 e. The molecule has 2 aromatic rings. The fourth-order valence-electron chi connectivity index (χ4n) is 1.56. The summed E-state index contributed by atoms with van der Waals surface area (Å²) in [7, 11) is 3.35. The van der Waals surface area contributed by atoms with Crippen LogP contribution >= 0.6 is 22.5 Å². The van der Waals surface area contributed by atoms with Crippen LogP contribution in [-0.4, -0.2) is 14.8 Å². The minimum absolute atomic E-state index is 0.402. The monoisotopic (exact) mass is 239 g/mol. The SMILES string of the molecule is CC(C)c1nc2c(cnn2C)cc1SS. The molecule has 2 rings (SSSR count). The Morgan fingerprint density at radius 2 is 2.20 bits per heavy atom. The molecule has 0 radical (unpaired) electrons. The van der Waals surface area contributed by atoms with Crippen molar-refractivity contribution in [3.05, 3.63) is 18.0 Å². The molecule has 2 aromatic heterocycles. The third-order valence-electron chi connectivity index (χ3n) is 2.35. The molecule has 0 aliphatic heterocycles. The second-order valence-corrected chi connectivity index (χ2v) is 4.97. The van der Waals surface area contributed by atoms with E-state index in [-0.39, 0.29) is 0 Å². The molecule has 3 nitrogen and oxygen atoms in total. The average Bonchev–Trinajstić information content (AvgIpc) is 2.58. The number of thiol groups is 1. The second-order valence-electron chi connectivity index (χ2n) is 3.80. The number of hydrogen-bond donors (Lipinski definition) is 1. The number of hydrogen-bond acceptors (Lipinski definition) is 4. The first-order chi connectivity index (χ1) is 7.13. The summed E-state index contributed by atoms with van der Waals surface area (Å²) in [5.41, 5.74) is 2.02. The highest BCUT2D eigenvalue weighted by molar-refractivity contribution is 8.68. The zero-order valence-electron chi connectivity index (χ0n) is 8.93. The molecule has 80 valence electrons. The summed E-state index contributed by atoms with van der Waals surface area (Å²) in [6.45, 7) is 4.27. The number of nitrogens with zero attached hydrogens (tertiary/aromatic N) is 3. The first kappa shape index (κ1) is 10.8. The highest BCUT2D eigenvalue weighted by atomic mass is 33.1. The van der Waals surface area contributed by atoms with Gasteiger partial charge in [0.1, 0.15) is 0 Å². The van der Waals surface area contributed by atoms with Gasteiger partial charge in [-0.25, -0.2) is 4.98 Å². The van der Waals surface area contributed by atoms with E-state index in [1.54, 1.807) is 4.68 Å². The van der Waals surface area contributed by atoms with Crippen LogP contribution in [0.15, 0.2) is 17.2 Å². The van der Waals surface area contributed by atoms with Gasteiger partial charge in [-0.3, -0.25) is 4.68 Å². The largest absolute Gasteiger partial charge is 0.250 e. The van der Waals surface area contributed by atoms with E-state index < -0.39 is 0 Å². The van der Waals surface area contributed by atoms with E-state index in [4.69, 9.17) is 0 Å². The summed E-state index contributed by atoms with van der Waals surface area (Å²) in [6, 6.07) is 2.10. The van der Waals surface area contributed by atoms with Gasteiger partial charge in [0.2, 0.25) is 0 Å². The van der Waals surface area contributed by atoms with Gasteiger partial charge in [0, 0.05) is 17.3 Å². The molecule has 0 N–H and O–H groups in total. The molecule has 0 spiro atoms. The van der Waals surface area contributed by atoms with Crippen LogP contribution in [0.1, 0.15) is 25.5 Å². The van der Waals surface area contributed by atoms with Crippen molar-refractivity contribution in [1.82, 2.24) is 14.8 Å². The first-order valence-electron chi connectivity index (χ1n) is 4.77. The third kappa shape index (κ3) is 1.86. The van der Waals surface area contributed by atoms with Crippen LogP contribution in [0, 0.1) is 0 Å². The van der Waals surface area contributed by atoms with Gasteiger partial charge in [0.25, 0.3) is 0 Å². The van der Waals surface area contributed by atoms with Crippen molar-refractivity contribution in [3.63, 3.8) is 0 Å². The molecule has 0 unspecified atom stereocenters. The predicted molar refractivity (Wildman–Crippen MR) is 67.4 cm³/mol. The van der Waals surface area contributed by atoms with E-state index in [2.05, 4.69) is 41.7 Å². The lowest BCUT2D eigenvalue weighted by Crippen LogP contribution is -1.99. The fraction of sp³-hybridized carbons (Fsp3) is 0.400. The Bertz CT molecular complexity index is 491. The molecule has 0 atom stereocenters. The fourth-order valence-corrected chi connectivity index (χ4v) is 2.55. The van der Waals surface area contributed by atoms with E-state index in [9.17, 15) is 0 Å². The molecule has 0 aliphatic carbocycles. The van der Waals surface area contributed by atoms with Crippen molar-refractivity contribution in [2.24, 2.45) is 7.05 Å². The number of aryl methyl sites for hydroxylation is 1. The summed E-state index contributed by atoms with van der Waals surface area (Å²) in [5.74, 6) is 0.402. The molecular formula is C10H13N3S2. The minimum Gasteiger partial charge on any atom is -0.250 e. The van der Waals surface area contributed by atoms with E-state index in [0.29, 0.717) is 5.92 Å². The molecule has 5 heteroatoms. The molecule has 0 fully saturated rings. The van der Waals surface area contributed by atoms with Crippen molar-refractivity contribution in [1.29, 1.82) is 0 Å². The van der Waals surface area contributed by atoms with E-state index in [1.165, 1.54) is 10.8 Å². The lowest BCUT2D eigenvalue weighted by Gasteiger charge is -2.09. The Morgan fingerprint density at radius 1 is 1.47 bits per heavy atom. The summed E-state index contributed by atoms with van der Waals surface area (Å²) in [5, 5.41) is 5.26. The molecular weight excluding hydrogens is 226 g/mol. The maximum Gasteiger partial charge on any atom is 0.157 e. The highest BCUT2D eigenvalue weighted by Crippen LogP contribution is 2.31. The van der Waals surface area contributed by atoms with E-state index in [1.807, 2.05) is 13.2 Å². The van der Waals surface area contributed by atoms with E-state index >= 15 is 0 Å². The van der Waals surface area contributed by atoms with Crippen molar-refractivity contribution in [3.8, 4) is 0 Å². The average molecular weight is 239 g/mol. The minimum atomic E-state index is 0.402. The maximum atomic E-state index is 4.64. The summed E-state index contributed by atoms with van der Waals surface area (Å²) in [6.07, 6.45) is 1.83. The Morgan fingerprint density at radius 3 is 2.80 bits per heavy atom. The van der Waals surface area contributed by atoms with Gasteiger partial charge in [-0.15, -0.1) is 11.7 Å². The van der Waals surface area contributed by atoms with Gasteiger partial charge >= 0.3 is 0 Å². The normalized spacial score (nSPS) is 11.5. The molecule has 0 amide bonds. The molecule has 0 saturated carbocycles. The summed E-state index contributed by atoms with van der Waals surface area (Å²) >= 11 is 4.26. The van der Waals surface area contributed by atoms with E-state index in [0.717, 1.165) is 21.6 Å². The Balaban J connectivity index is 2.71. The number of fused-ring (bicyclic) bond motifs is 1. The van der Waals surface area contributed by atoms with Gasteiger partial charge in [0.05, 0.1) is 11.9 Å². The zero-order chi connectivity index (χ0) is 11.0. The van der Waals surface area contributed by atoms with Crippen molar-refractivity contribution >= 4 is 33.5 Å². The molecule has 15 heavy (non-hydrogen) atoms. The Kier molecular flexibility index (Phi) is 2.93. The summed E-state index contributed by atoms with van der Waals surface area (Å²) < 4.78 is 1.80. The van der Waals surface area contributed by atoms with Gasteiger partial charge in [-0.1, -0.05) is 24.6 Å². The Hall–Kier alpha value is -0.680. The number of pyridine rings is 1. The number of aromatic nitrogens is 3. The quantitative estimate of drug-likeness (QED) is 0.645. The first-order valence-corrected chi connectivity index (χ1v) is 6.64. The van der Waals surface area contributed by atoms with Gasteiger partial charge in [-0.05, 0) is 12.0 Å². The third-order valence-corrected chi connectivity index (χ3v) is 3.46. The van der Waals surface area contributed by atoms with Gasteiger partial charge in [-0.2, -0.15) is 5.10 Å². The van der Waals surface area contributed by atoms with Crippen LogP contribution in [0.5, 0.6) is 0 Å². The van der Waals surface area contributed by atoms with Crippen molar-refractivity contribution < 1.29 is 0 Å². The Labute approximate surface area is 98.1 Å². The standard InChI is InChI=1S/C10H13N3S2/c1-6(2)9-8(15-14)4-7-5-11-13(3)10(7)12-9/h4-6,14H,1-3H3. The lowest BCUT2D eigenvalue weighted by molar-refractivity contribution is 0.762. The van der Waals surface area contributed by atoms with Crippen LogP contribution < -0.4 is 0 Å². The zero-order valence-corrected chi connectivity index (χ0v) is 10.6. The van der Waals surface area contributed by atoms with Crippen molar-refractivity contribution in [2.45, 2.75) is 24.7 Å². The van der Waals surface area contributed by atoms with Gasteiger partial charge < -0.3 is 0 Å². The number of rotatable bonds is 2.